The first-order valence-corrected chi connectivity index (χ1v) is 8.69. The maximum Gasteiger partial charge on any atom is 0.416 e. The predicted octanol–water partition coefficient (Wildman–Crippen LogP) is 4.02. The van der Waals surface area contributed by atoms with Crippen molar-refractivity contribution >= 4 is 23.5 Å². The van der Waals surface area contributed by atoms with E-state index >= 15 is 0 Å². The average molecular weight is 432 g/mol. The number of carbonyl (C=O) groups is 2. The van der Waals surface area contributed by atoms with Gasteiger partial charge in [0, 0.05) is 17.5 Å². The normalized spacial score (nSPS) is 15.4. The number of benzene rings is 2. The number of amides is 1. The van der Waals surface area contributed by atoms with Crippen LogP contribution in [0.4, 0.5) is 17.6 Å². The van der Waals surface area contributed by atoms with Crippen LogP contribution in [0.25, 0.3) is 0 Å². The van der Waals surface area contributed by atoms with Crippen molar-refractivity contribution in [2.45, 2.75) is 18.7 Å². The Kier molecular flexibility index (Phi) is 5.70. The van der Waals surface area contributed by atoms with Gasteiger partial charge in [-0.25, -0.2) is 9.18 Å². The number of hydrogen-bond donors (Lipinski definition) is 1. The van der Waals surface area contributed by atoms with Crippen LogP contribution in [0.2, 0.25) is 5.02 Å². The van der Waals surface area contributed by atoms with Crippen molar-refractivity contribution in [1.29, 1.82) is 0 Å². The van der Waals surface area contributed by atoms with Gasteiger partial charge in [0.1, 0.15) is 17.7 Å². The van der Waals surface area contributed by atoms with E-state index in [0.29, 0.717) is 35.9 Å². The summed E-state index contributed by atoms with van der Waals surface area (Å²) in [5.74, 6) is -2.27. The van der Waals surface area contributed by atoms with Gasteiger partial charge in [-0.1, -0.05) is 11.6 Å². The molecule has 3 rings (SSSR count). The van der Waals surface area contributed by atoms with E-state index in [1.54, 1.807) is 6.07 Å². The highest BCUT2D eigenvalue weighted by atomic mass is 35.5. The highest BCUT2D eigenvalue weighted by Crippen LogP contribution is 2.37. The number of alkyl halides is 3. The fourth-order valence-electron chi connectivity index (χ4n) is 2.93. The molecule has 2 aromatic rings. The van der Waals surface area contributed by atoms with Crippen molar-refractivity contribution in [3.8, 4) is 5.75 Å². The number of methoxy groups -OCH3 is 1. The fraction of sp³-hybridized carbons (Fsp3) is 0.263. The lowest BCUT2D eigenvalue weighted by atomic mass is 10.1. The SMILES string of the molecule is COC(=O)c1cc(Cl)c2c(c1)C[C@@H](CNC(=O)c1cc(F)cc(C(F)(F)F)c1)O2. The standard InChI is InChI=1S/C19H14ClF4NO4/c1-28-18(27)11-2-9-5-14(29-16(9)15(20)6-11)8-25-17(26)10-3-12(19(22,23)24)7-13(21)4-10/h2-4,6-7,14H,5,8H2,1H3,(H,25,26)/t14-/m0/s1. The van der Waals surface area contributed by atoms with E-state index in [1.165, 1.54) is 13.2 Å². The molecule has 5 nitrogen and oxygen atoms in total. The van der Waals surface area contributed by atoms with E-state index in [2.05, 4.69) is 10.1 Å². The molecule has 1 aliphatic rings. The molecule has 1 heterocycles. The number of rotatable bonds is 4. The molecule has 0 saturated heterocycles. The van der Waals surface area contributed by atoms with Crippen molar-refractivity contribution in [2.24, 2.45) is 0 Å². The maximum absolute atomic E-state index is 13.5. The first-order valence-electron chi connectivity index (χ1n) is 8.32. The van der Waals surface area contributed by atoms with Crippen molar-refractivity contribution in [2.75, 3.05) is 13.7 Å². The number of halogens is 5. The zero-order chi connectivity index (χ0) is 21.3. The Labute approximate surface area is 167 Å². The van der Waals surface area contributed by atoms with Crippen LogP contribution in [0.3, 0.4) is 0 Å². The Morgan fingerprint density at radius 1 is 1.21 bits per heavy atom. The molecule has 0 unspecified atom stereocenters. The molecule has 0 radical (unpaired) electrons. The molecular weight excluding hydrogens is 418 g/mol. The second kappa shape index (κ2) is 7.90. The van der Waals surface area contributed by atoms with E-state index in [4.69, 9.17) is 16.3 Å². The van der Waals surface area contributed by atoms with Gasteiger partial charge in [-0.2, -0.15) is 13.2 Å². The molecule has 1 atom stereocenters. The Balaban J connectivity index is 1.68. The zero-order valence-corrected chi connectivity index (χ0v) is 15.7. The topological polar surface area (TPSA) is 64.6 Å². The lowest BCUT2D eigenvalue weighted by Gasteiger charge is -2.13. The third kappa shape index (κ3) is 4.61. The van der Waals surface area contributed by atoms with E-state index in [1.807, 2.05) is 0 Å². The first-order chi connectivity index (χ1) is 13.6. The van der Waals surface area contributed by atoms with Crippen molar-refractivity contribution < 1.29 is 36.6 Å². The summed E-state index contributed by atoms with van der Waals surface area (Å²) in [6, 6.07) is 4.54. The minimum Gasteiger partial charge on any atom is -0.486 e. The molecule has 0 saturated carbocycles. The highest BCUT2D eigenvalue weighted by molar-refractivity contribution is 6.32. The Morgan fingerprint density at radius 3 is 2.59 bits per heavy atom. The molecule has 0 aliphatic carbocycles. The quantitative estimate of drug-likeness (QED) is 0.586. The number of nitrogens with one attached hydrogen (secondary N) is 1. The lowest BCUT2D eigenvalue weighted by molar-refractivity contribution is -0.137. The zero-order valence-electron chi connectivity index (χ0n) is 14.9. The smallest absolute Gasteiger partial charge is 0.416 e. The van der Waals surface area contributed by atoms with Crippen LogP contribution >= 0.6 is 11.6 Å². The molecule has 0 fully saturated rings. The summed E-state index contributed by atoms with van der Waals surface area (Å²) < 4.78 is 62.1. The van der Waals surface area contributed by atoms with Crippen molar-refractivity contribution in [1.82, 2.24) is 5.32 Å². The molecule has 10 heteroatoms. The van der Waals surface area contributed by atoms with Crippen LogP contribution in [-0.2, 0) is 17.3 Å². The summed E-state index contributed by atoms with van der Waals surface area (Å²) in [6.07, 6.45) is -5.03. The average Bonchev–Trinajstić information content (AvgIpc) is 3.07. The molecule has 1 aliphatic heterocycles. The highest BCUT2D eigenvalue weighted by Gasteiger charge is 2.32. The van der Waals surface area contributed by atoms with Crippen molar-refractivity contribution in [3.05, 3.63) is 63.4 Å². The van der Waals surface area contributed by atoms with Crippen molar-refractivity contribution in [3.63, 3.8) is 0 Å². The van der Waals surface area contributed by atoms with Gasteiger partial charge in [-0.15, -0.1) is 0 Å². The predicted molar refractivity (Wildman–Crippen MR) is 94.6 cm³/mol. The lowest BCUT2D eigenvalue weighted by Crippen LogP contribution is -2.34. The number of esters is 1. The first kappa shape index (κ1) is 20.9. The van der Waals surface area contributed by atoms with Crippen LogP contribution in [0, 0.1) is 5.82 Å². The summed E-state index contributed by atoms with van der Waals surface area (Å²) in [4.78, 5) is 23.8. The molecule has 1 amide bonds. The minimum absolute atomic E-state index is 0.0603. The Morgan fingerprint density at radius 2 is 1.93 bits per heavy atom. The number of carbonyl (C=O) groups excluding carboxylic acids is 2. The van der Waals surface area contributed by atoms with Gasteiger partial charge in [-0.3, -0.25) is 4.79 Å². The van der Waals surface area contributed by atoms with Gasteiger partial charge in [0.15, 0.2) is 0 Å². The minimum atomic E-state index is -4.78. The summed E-state index contributed by atoms with van der Waals surface area (Å²) in [6.45, 7) is -0.0603. The molecular formula is C19H14ClF4NO4. The van der Waals surface area contributed by atoms with Gasteiger partial charge < -0.3 is 14.8 Å². The summed E-state index contributed by atoms with van der Waals surface area (Å²) in [5, 5.41) is 2.61. The Hall–Kier alpha value is -2.81. The summed E-state index contributed by atoms with van der Waals surface area (Å²) in [5.41, 5.74) is -0.848. The molecule has 29 heavy (non-hydrogen) atoms. The largest absolute Gasteiger partial charge is 0.486 e. The molecule has 154 valence electrons. The van der Waals surface area contributed by atoms with Gasteiger partial charge in [0.05, 0.1) is 29.8 Å². The van der Waals surface area contributed by atoms with Gasteiger partial charge >= 0.3 is 12.1 Å². The Bertz CT molecular complexity index is 977. The van der Waals surface area contributed by atoms with E-state index in [-0.39, 0.29) is 17.1 Å². The molecule has 0 aromatic heterocycles. The third-order valence-electron chi connectivity index (χ3n) is 4.25. The van der Waals surface area contributed by atoms with Gasteiger partial charge in [0.25, 0.3) is 5.91 Å². The van der Waals surface area contributed by atoms with Crippen LogP contribution in [-0.4, -0.2) is 31.6 Å². The summed E-state index contributed by atoms with van der Waals surface area (Å²) in [7, 11) is 1.23. The third-order valence-corrected chi connectivity index (χ3v) is 4.53. The second-order valence-corrected chi connectivity index (χ2v) is 6.73. The van der Waals surface area contributed by atoms with Gasteiger partial charge in [-0.05, 0) is 30.3 Å². The van der Waals surface area contributed by atoms with E-state index in [9.17, 15) is 27.2 Å². The van der Waals surface area contributed by atoms with Crippen LogP contribution < -0.4 is 10.1 Å². The fourth-order valence-corrected chi connectivity index (χ4v) is 3.21. The van der Waals surface area contributed by atoms with E-state index in [0.717, 1.165) is 0 Å². The van der Waals surface area contributed by atoms with E-state index < -0.39 is 41.1 Å². The molecule has 2 aromatic carbocycles. The number of fused-ring (bicyclic) bond motifs is 1. The molecule has 1 N–H and O–H groups in total. The second-order valence-electron chi connectivity index (χ2n) is 6.32. The van der Waals surface area contributed by atoms with Crippen LogP contribution in [0.5, 0.6) is 5.75 Å². The van der Waals surface area contributed by atoms with Crippen LogP contribution in [0.1, 0.15) is 31.8 Å². The summed E-state index contributed by atoms with van der Waals surface area (Å²) >= 11 is 6.11. The molecule has 0 bridgehead atoms. The number of hydrogen-bond acceptors (Lipinski definition) is 4. The maximum atomic E-state index is 13.5. The molecule has 0 spiro atoms. The van der Waals surface area contributed by atoms with Gasteiger partial charge in [0.2, 0.25) is 0 Å². The monoisotopic (exact) mass is 431 g/mol. The van der Waals surface area contributed by atoms with Crippen LogP contribution in [0.15, 0.2) is 30.3 Å². The number of ether oxygens (including phenoxy) is 2.